The van der Waals surface area contributed by atoms with E-state index in [0.29, 0.717) is 32.8 Å². The molecule has 6 nitrogen and oxygen atoms in total. The molecular weight excluding hydrogens is 262 g/mol. The van der Waals surface area contributed by atoms with Gasteiger partial charge in [-0.1, -0.05) is 13.2 Å². The second-order valence-corrected chi connectivity index (χ2v) is 4.03. The van der Waals surface area contributed by atoms with Crippen molar-refractivity contribution in [1.82, 2.24) is 4.90 Å². The number of rotatable bonds is 13. The lowest BCUT2D eigenvalue weighted by atomic mass is 10.3. The van der Waals surface area contributed by atoms with E-state index in [9.17, 15) is 9.59 Å². The Morgan fingerprint density at radius 1 is 1.05 bits per heavy atom. The standard InChI is InChI=1S/C14H23NO5/c1-4-18-10-8-15(9-11-19-5-2)7-6-14(17)20-12-13(3)16/h4-5H,1-2,6-12H2,3H3. The molecule has 0 bridgehead atoms. The summed E-state index contributed by atoms with van der Waals surface area (Å²) in [5.74, 6) is -0.562. The molecule has 0 spiro atoms. The number of ketones is 1. The summed E-state index contributed by atoms with van der Waals surface area (Å²) >= 11 is 0. The summed E-state index contributed by atoms with van der Waals surface area (Å²) in [6.07, 6.45) is 2.97. The zero-order valence-electron chi connectivity index (χ0n) is 12.0. The van der Waals surface area contributed by atoms with Gasteiger partial charge in [-0.25, -0.2) is 0 Å². The zero-order valence-corrected chi connectivity index (χ0v) is 12.0. The summed E-state index contributed by atoms with van der Waals surface area (Å²) in [6, 6.07) is 0. The van der Waals surface area contributed by atoms with Crippen molar-refractivity contribution in [3.8, 4) is 0 Å². The van der Waals surface area contributed by atoms with Gasteiger partial charge in [0.25, 0.3) is 0 Å². The van der Waals surface area contributed by atoms with Crippen molar-refractivity contribution < 1.29 is 23.8 Å². The average Bonchev–Trinajstić information content (AvgIpc) is 2.42. The van der Waals surface area contributed by atoms with Crippen LogP contribution in [0.1, 0.15) is 13.3 Å². The van der Waals surface area contributed by atoms with Gasteiger partial charge in [0.1, 0.15) is 6.61 Å². The Morgan fingerprint density at radius 3 is 2.05 bits per heavy atom. The van der Waals surface area contributed by atoms with Crippen LogP contribution in [0.5, 0.6) is 0 Å². The molecule has 0 amide bonds. The number of Topliss-reactive ketones (excluding diaryl/α,β-unsaturated/α-hetero) is 1. The molecule has 0 fully saturated rings. The Labute approximate surface area is 120 Å². The Kier molecular flexibility index (Phi) is 11.1. The van der Waals surface area contributed by atoms with Crippen LogP contribution in [0.3, 0.4) is 0 Å². The third kappa shape index (κ3) is 11.3. The maximum atomic E-state index is 11.4. The van der Waals surface area contributed by atoms with Crippen LogP contribution in [0, 0.1) is 0 Å². The molecular formula is C14H23NO5. The first-order chi connectivity index (χ1) is 9.60. The smallest absolute Gasteiger partial charge is 0.307 e. The minimum atomic E-state index is -0.389. The SMILES string of the molecule is C=COCCN(CCOC=C)CCC(=O)OCC(C)=O. The van der Waals surface area contributed by atoms with E-state index in [1.54, 1.807) is 0 Å². The zero-order chi connectivity index (χ0) is 15.2. The summed E-state index contributed by atoms with van der Waals surface area (Å²) in [7, 11) is 0. The third-order valence-corrected chi connectivity index (χ3v) is 2.36. The fourth-order valence-corrected chi connectivity index (χ4v) is 1.37. The second-order valence-electron chi connectivity index (χ2n) is 4.03. The van der Waals surface area contributed by atoms with E-state index in [4.69, 9.17) is 14.2 Å². The Morgan fingerprint density at radius 2 is 1.60 bits per heavy atom. The van der Waals surface area contributed by atoms with Crippen molar-refractivity contribution in [2.75, 3.05) is 39.5 Å². The van der Waals surface area contributed by atoms with Gasteiger partial charge in [0.15, 0.2) is 5.78 Å². The molecule has 0 aliphatic rings. The molecule has 0 aromatic heterocycles. The number of carbonyl (C=O) groups is 2. The van der Waals surface area contributed by atoms with Gasteiger partial charge >= 0.3 is 5.97 Å². The highest BCUT2D eigenvalue weighted by Gasteiger charge is 2.10. The quantitative estimate of drug-likeness (QED) is 0.287. The van der Waals surface area contributed by atoms with Crippen LogP contribution in [0.2, 0.25) is 0 Å². The maximum Gasteiger partial charge on any atom is 0.307 e. The highest BCUT2D eigenvalue weighted by atomic mass is 16.5. The van der Waals surface area contributed by atoms with Gasteiger partial charge in [-0.3, -0.25) is 14.5 Å². The van der Waals surface area contributed by atoms with Crippen LogP contribution in [0.4, 0.5) is 0 Å². The summed E-state index contributed by atoms with van der Waals surface area (Å²) in [4.78, 5) is 24.1. The molecule has 0 saturated carbocycles. The normalized spacial score (nSPS) is 9.90. The molecule has 0 aliphatic carbocycles. The van der Waals surface area contributed by atoms with Crippen molar-refractivity contribution in [2.45, 2.75) is 13.3 Å². The van der Waals surface area contributed by atoms with Crippen LogP contribution in [0.25, 0.3) is 0 Å². The predicted molar refractivity (Wildman–Crippen MR) is 75.0 cm³/mol. The highest BCUT2D eigenvalue weighted by molar-refractivity contribution is 5.80. The van der Waals surface area contributed by atoms with E-state index in [1.165, 1.54) is 19.4 Å². The number of ether oxygens (including phenoxy) is 3. The average molecular weight is 285 g/mol. The predicted octanol–water partition coefficient (Wildman–Crippen LogP) is 1.13. The Balaban J connectivity index is 3.98. The molecule has 0 unspecified atom stereocenters. The number of nitrogens with zero attached hydrogens (tertiary/aromatic N) is 1. The molecule has 0 aliphatic heterocycles. The number of hydrogen-bond acceptors (Lipinski definition) is 6. The minimum Gasteiger partial charge on any atom is -0.500 e. The third-order valence-electron chi connectivity index (χ3n) is 2.36. The molecule has 114 valence electrons. The molecule has 0 N–H and O–H groups in total. The van der Waals surface area contributed by atoms with Crippen molar-refractivity contribution in [3.63, 3.8) is 0 Å². The summed E-state index contributed by atoms with van der Waals surface area (Å²) in [6.45, 7) is 10.9. The molecule has 0 heterocycles. The topological polar surface area (TPSA) is 65.1 Å². The lowest BCUT2D eigenvalue weighted by Crippen LogP contribution is -2.33. The first-order valence-electron chi connectivity index (χ1n) is 6.42. The number of carbonyl (C=O) groups excluding carboxylic acids is 2. The van der Waals surface area contributed by atoms with Crippen molar-refractivity contribution >= 4 is 11.8 Å². The van der Waals surface area contributed by atoms with Gasteiger partial charge < -0.3 is 14.2 Å². The molecule has 20 heavy (non-hydrogen) atoms. The van der Waals surface area contributed by atoms with Gasteiger partial charge in [-0.05, 0) is 6.92 Å². The van der Waals surface area contributed by atoms with Crippen LogP contribution in [0.15, 0.2) is 25.7 Å². The molecule has 0 aromatic carbocycles. The van der Waals surface area contributed by atoms with Crippen LogP contribution in [-0.4, -0.2) is 56.1 Å². The summed E-state index contributed by atoms with van der Waals surface area (Å²) < 4.78 is 14.9. The molecule has 0 rings (SSSR count). The monoisotopic (exact) mass is 285 g/mol. The summed E-state index contributed by atoms with van der Waals surface area (Å²) in [5, 5.41) is 0. The largest absolute Gasteiger partial charge is 0.500 e. The first kappa shape index (κ1) is 18.2. The van der Waals surface area contributed by atoms with Gasteiger partial charge in [-0.15, -0.1) is 0 Å². The van der Waals surface area contributed by atoms with Gasteiger partial charge in [0, 0.05) is 19.6 Å². The first-order valence-corrected chi connectivity index (χ1v) is 6.42. The van der Waals surface area contributed by atoms with Gasteiger partial charge in [-0.2, -0.15) is 0 Å². The fourth-order valence-electron chi connectivity index (χ4n) is 1.37. The lowest BCUT2D eigenvalue weighted by Gasteiger charge is -2.21. The van der Waals surface area contributed by atoms with Gasteiger partial charge in [0.2, 0.25) is 0 Å². The second kappa shape index (κ2) is 12.2. The molecule has 0 aromatic rings. The van der Waals surface area contributed by atoms with Gasteiger partial charge in [0.05, 0.1) is 32.2 Å². The highest BCUT2D eigenvalue weighted by Crippen LogP contribution is 1.96. The van der Waals surface area contributed by atoms with Crippen molar-refractivity contribution in [1.29, 1.82) is 0 Å². The molecule has 0 atom stereocenters. The summed E-state index contributed by atoms with van der Waals surface area (Å²) in [5.41, 5.74) is 0. The van der Waals surface area contributed by atoms with E-state index in [1.807, 2.05) is 4.90 Å². The van der Waals surface area contributed by atoms with Crippen molar-refractivity contribution in [2.24, 2.45) is 0 Å². The lowest BCUT2D eigenvalue weighted by molar-refractivity contribution is -0.147. The van der Waals surface area contributed by atoms with E-state index in [0.717, 1.165) is 0 Å². The van der Waals surface area contributed by atoms with E-state index in [-0.39, 0.29) is 24.8 Å². The number of hydrogen-bond donors (Lipinski definition) is 0. The van der Waals surface area contributed by atoms with E-state index in [2.05, 4.69) is 13.2 Å². The minimum absolute atomic E-state index is 0.169. The number of esters is 1. The Hall–Kier alpha value is -1.82. The Bertz CT molecular complexity index is 303. The van der Waals surface area contributed by atoms with Crippen LogP contribution >= 0.6 is 0 Å². The molecule has 0 saturated heterocycles. The van der Waals surface area contributed by atoms with E-state index < -0.39 is 0 Å². The molecule has 0 radical (unpaired) electrons. The molecule has 6 heteroatoms. The van der Waals surface area contributed by atoms with Crippen LogP contribution < -0.4 is 0 Å². The van der Waals surface area contributed by atoms with E-state index >= 15 is 0 Å². The van der Waals surface area contributed by atoms with Crippen molar-refractivity contribution in [3.05, 3.63) is 25.7 Å². The van der Waals surface area contributed by atoms with Crippen LogP contribution in [-0.2, 0) is 23.8 Å². The fraction of sp³-hybridized carbons (Fsp3) is 0.571. The maximum absolute atomic E-state index is 11.4.